The molecule has 6 nitrogen and oxygen atoms in total. The molecule has 0 saturated carbocycles. The van der Waals surface area contributed by atoms with Crippen molar-refractivity contribution in [2.24, 2.45) is 0 Å². The fourth-order valence-electron chi connectivity index (χ4n) is 2.66. The molecule has 0 radical (unpaired) electrons. The summed E-state index contributed by atoms with van der Waals surface area (Å²) in [5.41, 5.74) is 1.70. The molecule has 1 amide bonds. The van der Waals surface area contributed by atoms with E-state index >= 15 is 0 Å². The Hall–Kier alpha value is -3.61. The fraction of sp³-hybridized carbons (Fsp3) is 0.100. The summed E-state index contributed by atoms with van der Waals surface area (Å²) >= 11 is 0. The molecule has 7 heteroatoms. The lowest BCUT2D eigenvalue weighted by Crippen LogP contribution is -2.31. The van der Waals surface area contributed by atoms with Gasteiger partial charge in [0.05, 0.1) is 23.5 Å². The van der Waals surface area contributed by atoms with Crippen LogP contribution in [-0.4, -0.2) is 27.0 Å². The van der Waals surface area contributed by atoms with Crippen LogP contribution < -0.4 is 4.90 Å². The summed E-state index contributed by atoms with van der Waals surface area (Å²) in [6.07, 6.45) is 3.00. The van der Waals surface area contributed by atoms with E-state index in [0.29, 0.717) is 22.6 Å². The zero-order chi connectivity index (χ0) is 19.4. The van der Waals surface area contributed by atoms with Gasteiger partial charge < -0.3 is 10.0 Å². The molecule has 27 heavy (non-hydrogen) atoms. The van der Waals surface area contributed by atoms with Crippen LogP contribution in [0.25, 0.3) is 0 Å². The van der Waals surface area contributed by atoms with E-state index in [-0.39, 0.29) is 18.0 Å². The maximum atomic E-state index is 13.7. The highest BCUT2D eigenvalue weighted by molar-refractivity contribution is 6.05. The summed E-state index contributed by atoms with van der Waals surface area (Å²) < 4.78 is 13.7. The Labute approximate surface area is 154 Å². The number of carbonyl (C=O) groups is 2. The van der Waals surface area contributed by atoms with E-state index in [1.54, 1.807) is 31.2 Å². The number of aryl methyl sites for hydroxylation is 1. The van der Waals surface area contributed by atoms with Gasteiger partial charge in [0.2, 0.25) is 0 Å². The van der Waals surface area contributed by atoms with Crippen molar-refractivity contribution >= 4 is 17.6 Å². The van der Waals surface area contributed by atoms with Gasteiger partial charge in [0, 0.05) is 23.6 Å². The Morgan fingerprint density at radius 1 is 1.11 bits per heavy atom. The number of hydrogen-bond acceptors (Lipinski definition) is 4. The SMILES string of the molecule is Cc1nc(CN(C(=O)c2ccncc2)c2cccc(F)c2)ccc1C(=O)O. The first-order valence-electron chi connectivity index (χ1n) is 8.13. The molecule has 0 atom stereocenters. The first-order valence-corrected chi connectivity index (χ1v) is 8.13. The minimum atomic E-state index is -1.07. The van der Waals surface area contributed by atoms with Crippen LogP contribution in [0.3, 0.4) is 0 Å². The number of halogens is 1. The Bertz CT molecular complexity index is 993. The molecule has 2 heterocycles. The molecule has 0 fully saturated rings. The fourth-order valence-corrected chi connectivity index (χ4v) is 2.66. The molecule has 0 saturated heterocycles. The van der Waals surface area contributed by atoms with Crippen molar-refractivity contribution in [3.05, 3.63) is 89.3 Å². The topological polar surface area (TPSA) is 83.4 Å². The zero-order valence-corrected chi connectivity index (χ0v) is 14.5. The minimum Gasteiger partial charge on any atom is -0.478 e. The average molecular weight is 365 g/mol. The van der Waals surface area contributed by atoms with E-state index in [0.717, 1.165) is 0 Å². The second kappa shape index (κ2) is 7.74. The van der Waals surface area contributed by atoms with Crippen LogP contribution in [0.1, 0.15) is 32.1 Å². The van der Waals surface area contributed by atoms with Crippen LogP contribution in [0.5, 0.6) is 0 Å². The van der Waals surface area contributed by atoms with Crippen molar-refractivity contribution in [1.29, 1.82) is 0 Å². The third-order valence-corrected chi connectivity index (χ3v) is 3.99. The van der Waals surface area contributed by atoms with E-state index in [1.165, 1.54) is 41.6 Å². The largest absolute Gasteiger partial charge is 0.478 e. The smallest absolute Gasteiger partial charge is 0.337 e. The number of amides is 1. The van der Waals surface area contributed by atoms with Crippen LogP contribution in [0.4, 0.5) is 10.1 Å². The van der Waals surface area contributed by atoms with Gasteiger partial charge in [-0.1, -0.05) is 6.07 Å². The van der Waals surface area contributed by atoms with Crippen molar-refractivity contribution in [3.8, 4) is 0 Å². The van der Waals surface area contributed by atoms with Crippen LogP contribution in [0.2, 0.25) is 0 Å². The number of carboxylic acids is 1. The quantitative estimate of drug-likeness (QED) is 0.748. The highest BCUT2D eigenvalue weighted by Gasteiger charge is 2.20. The summed E-state index contributed by atoms with van der Waals surface area (Å²) in [5.74, 6) is -1.88. The monoisotopic (exact) mass is 365 g/mol. The molecule has 1 aromatic carbocycles. The standard InChI is InChI=1S/C20H16FN3O3/c1-13-18(20(26)27)6-5-16(23-13)12-24(17-4-2-3-15(21)11-17)19(25)14-7-9-22-10-8-14/h2-11H,12H2,1H3,(H,26,27). The molecule has 0 aliphatic heterocycles. The number of carbonyl (C=O) groups excluding carboxylic acids is 1. The van der Waals surface area contributed by atoms with E-state index in [4.69, 9.17) is 5.11 Å². The Morgan fingerprint density at radius 2 is 1.85 bits per heavy atom. The van der Waals surface area contributed by atoms with Gasteiger partial charge in [0.25, 0.3) is 5.91 Å². The second-order valence-corrected chi connectivity index (χ2v) is 5.85. The predicted octanol–water partition coefficient (Wildman–Crippen LogP) is 3.47. The predicted molar refractivity (Wildman–Crippen MR) is 97.1 cm³/mol. The number of hydrogen-bond donors (Lipinski definition) is 1. The Morgan fingerprint density at radius 3 is 2.48 bits per heavy atom. The molecule has 3 aromatic rings. The van der Waals surface area contributed by atoms with Gasteiger partial charge in [-0.3, -0.25) is 14.8 Å². The van der Waals surface area contributed by atoms with Crippen LogP contribution >= 0.6 is 0 Å². The third-order valence-electron chi connectivity index (χ3n) is 3.99. The normalized spacial score (nSPS) is 10.4. The van der Waals surface area contributed by atoms with Crippen molar-refractivity contribution in [2.75, 3.05) is 4.90 Å². The van der Waals surface area contributed by atoms with Gasteiger partial charge in [-0.05, 0) is 49.4 Å². The van der Waals surface area contributed by atoms with Gasteiger partial charge in [-0.2, -0.15) is 0 Å². The molecular weight excluding hydrogens is 349 g/mol. The maximum absolute atomic E-state index is 13.7. The maximum Gasteiger partial charge on any atom is 0.337 e. The van der Waals surface area contributed by atoms with Gasteiger partial charge in [-0.15, -0.1) is 0 Å². The molecule has 0 aliphatic rings. The molecule has 0 spiro atoms. The average Bonchev–Trinajstić information content (AvgIpc) is 2.66. The Kier molecular flexibility index (Phi) is 5.21. The number of aromatic carboxylic acids is 1. The van der Waals surface area contributed by atoms with Gasteiger partial charge in [0.1, 0.15) is 5.82 Å². The number of rotatable bonds is 5. The lowest BCUT2D eigenvalue weighted by atomic mass is 10.1. The lowest BCUT2D eigenvalue weighted by molar-refractivity contribution is 0.0695. The second-order valence-electron chi connectivity index (χ2n) is 5.85. The van der Waals surface area contributed by atoms with Gasteiger partial charge in [-0.25, -0.2) is 9.18 Å². The summed E-state index contributed by atoms with van der Waals surface area (Å²) in [6, 6.07) is 11.8. The molecule has 136 valence electrons. The highest BCUT2D eigenvalue weighted by atomic mass is 19.1. The molecule has 3 rings (SSSR count). The first kappa shape index (κ1) is 18.2. The number of anilines is 1. The number of nitrogens with zero attached hydrogens (tertiary/aromatic N) is 3. The molecule has 0 aliphatic carbocycles. The molecule has 0 bridgehead atoms. The Balaban J connectivity index is 1.99. The van der Waals surface area contributed by atoms with Crippen LogP contribution in [-0.2, 0) is 6.54 Å². The van der Waals surface area contributed by atoms with Crippen LogP contribution in [0, 0.1) is 12.7 Å². The van der Waals surface area contributed by atoms with Gasteiger partial charge >= 0.3 is 5.97 Å². The highest BCUT2D eigenvalue weighted by Crippen LogP contribution is 2.21. The van der Waals surface area contributed by atoms with Gasteiger partial charge in [0.15, 0.2) is 0 Å². The third kappa shape index (κ3) is 4.14. The first-order chi connectivity index (χ1) is 13.0. The van der Waals surface area contributed by atoms with E-state index in [9.17, 15) is 14.0 Å². The zero-order valence-electron chi connectivity index (χ0n) is 14.5. The van der Waals surface area contributed by atoms with E-state index in [1.807, 2.05) is 0 Å². The molecule has 0 unspecified atom stereocenters. The van der Waals surface area contributed by atoms with Crippen molar-refractivity contribution in [2.45, 2.75) is 13.5 Å². The summed E-state index contributed by atoms with van der Waals surface area (Å²) in [5, 5.41) is 9.13. The van der Waals surface area contributed by atoms with Crippen molar-refractivity contribution < 1.29 is 19.1 Å². The molecule has 1 N–H and O–H groups in total. The summed E-state index contributed by atoms with van der Waals surface area (Å²) in [7, 11) is 0. The summed E-state index contributed by atoms with van der Waals surface area (Å²) in [6.45, 7) is 1.65. The van der Waals surface area contributed by atoms with Crippen molar-refractivity contribution in [1.82, 2.24) is 9.97 Å². The summed E-state index contributed by atoms with van der Waals surface area (Å²) in [4.78, 5) is 33.7. The van der Waals surface area contributed by atoms with Crippen LogP contribution in [0.15, 0.2) is 60.9 Å². The van der Waals surface area contributed by atoms with Crippen molar-refractivity contribution in [3.63, 3.8) is 0 Å². The molecule has 2 aromatic heterocycles. The number of benzene rings is 1. The minimum absolute atomic E-state index is 0.0609. The van der Waals surface area contributed by atoms with E-state index < -0.39 is 11.8 Å². The van der Waals surface area contributed by atoms with E-state index in [2.05, 4.69) is 9.97 Å². The number of pyridine rings is 2. The molecular formula is C20H16FN3O3. The lowest BCUT2D eigenvalue weighted by Gasteiger charge is -2.23. The number of carboxylic acid groups (broad SMARTS) is 1. The number of aromatic nitrogens is 2.